The lowest BCUT2D eigenvalue weighted by Gasteiger charge is -2.05. The van der Waals surface area contributed by atoms with Crippen LogP contribution in [0.1, 0.15) is 11.1 Å². The van der Waals surface area contributed by atoms with E-state index in [1.165, 1.54) is 12.1 Å². The van der Waals surface area contributed by atoms with Gasteiger partial charge < -0.3 is 10.5 Å². The molecule has 2 N–H and O–H groups in total. The van der Waals surface area contributed by atoms with Crippen LogP contribution in [0.5, 0.6) is 5.75 Å². The highest BCUT2D eigenvalue weighted by molar-refractivity contribution is 5.76. The van der Waals surface area contributed by atoms with Crippen molar-refractivity contribution in [3.05, 3.63) is 65.7 Å². The van der Waals surface area contributed by atoms with Crippen molar-refractivity contribution in [2.75, 3.05) is 0 Å². The second kappa shape index (κ2) is 6.58. The Kier molecular flexibility index (Phi) is 5.11. The van der Waals surface area contributed by atoms with Gasteiger partial charge in [-0.05, 0) is 29.8 Å². The molecule has 0 saturated heterocycles. The first-order chi connectivity index (χ1) is 8.93. The maximum absolute atomic E-state index is 12.0. The summed E-state index contributed by atoms with van der Waals surface area (Å²) in [4.78, 5) is 0. The number of phenolic OH excluding ortho intramolecular Hbond substituents is 1. The van der Waals surface area contributed by atoms with Crippen molar-refractivity contribution in [1.82, 2.24) is 0 Å². The van der Waals surface area contributed by atoms with Crippen LogP contribution in [0.2, 0.25) is 0 Å². The molecule has 0 atom stereocenters. The van der Waals surface area contributed by atoms with Crippen molar-refractivity contribution in [3.63, 3.8) is 0 Å². The SMILES string of the molecule is N=Cc1ccc(C(F)(F)F)cc1.Oc1ccccc1. The highest BCUT2D eigenvalue weighted by Gasteiger charge is 2.29. The van der Waals surface area contributed by atoms with E-state index in [0.717, 1.165) is 18.3 Å². The average Bonchev–Trinajstić information content (AvgIpc) is 2.39. The number of alkyl halides is 3. The van der Waals surface area contributed by atoms with E-state index in [4.69, 9.17) is 10.5 Å². The van der Waals surface area contributed by atoms with Crippen molar-refractivity contribution in [2.24, 2.45) is 0 Å². The predicted molar refractivity (Wildman–Crippen MR) is 67.4 cm³/mol. The van der Waals surface area contributed by atoms with Crippen molar-refractivity contribution in [2.45, 2.75) is 6.18 Å². The Balaban J connectivity index is 0.000000218. The van der Waals surface area contributed by atoms with Gasteiger partial charge in [0.1, 0.15) is 5.75 Å². The lowest BCUT2D eigenvalue weighted by Crippen LogP contribution is -2.04. The number of rotatable bonds is 1. The maximum atomic E-state index is 12.0. The highest BCUT2D eigenvalue weighted by atomic mass is 19.4. The van der Waals surface area contributed by atoms with E-state index in [0.29, 0.717) is 11.3 Å². The molecule has 0 heterocycles. The summed E-state index contributed by atoms with van der Waals surface area (Å²) in [7, 11) is 0. The molecular formula is C14H12F3NO. The quantitative estimate of drug-likeness (QED) is 0.751. The van der Waals surface area contributed by atoms with E-state index in [1.807, 2.05) is 6.07 Å². The lowest BCUT2D eigenvalue weighted by atomic mass is 10.1. The fraction of sp³-hybridized carbons (Fsp3) is 0.0714. The maximum Gasteiger partial charge on any atom is 0.416 e. The Hall–Kier alpha value is -2.30. The van der Waals surface area contributed by atoms with Gasteiger partial charge in [0.15, 0.2) is 0 Å². The van der Waals surface area contributed by atoms with Crippen LogP contribution >= 0.6 is 0 Å². The fourth-order valence-corrected chi connectivity index (χ4v) is 1.20. The molecule has 0 aromatic heterocycles. The third kappa shape index (κ3) is 5.25. The van der Waals surface area contributed by atoms with Crippen LogP contribution in [0.25, 0.3) is 0 Å². The molecule has 2 aromatic carbocycles. The summed E-state index contributed by atoms with van der Waals surface area (Å²) < 4.78 is 35.9. The summed E-state index contributed by atoms with van der Waals surface area (Å²) in [6.45, 7) is 0. The Morgan fingerprint density at radius 1 is 0.895 bits per heavy atom. The van der Waals surface area contributed by atoms with E-state index in [9.17, 15) is 13.2 Å². The molecule has 0 aliphatic heterocycles. The summed E-state index contributed by atoms with van der Waals surface area (Å²) in [5.41, 5.74) is -0.226. The predicted octanol–water partition coefficient (Wildman–Crippen LogP) is 4.10. The van der Waals surface area contributed by atoms with E-state index in [-0.39, 0.29) is 0 Å². The van der Waals surface area contributed by atoms with Crippen LogP contribution < -0.4 is 0 Å². The molecular weight excluding hydrogens is 255 g/mol. The molecule has 100 valence electrons. The van der Waals surface area contributed by atoms with Gasteiger partial charge in [-0.3, -0.25) is 0 Å². The summed E-state index contributed by atoms with van der Waals surface area (Å²) in [6, 6.07) is 13.1. The number of halogens is 3. The molecule has 2 rings (SSSR count). The molecule has 5 heteroatoms. The zero-order valence-electron chi connectivity index (χ0n) is 9.85. The van der Waals surface area contributed by atoms with Gasteiger partial charge in [0, 0.05) is 6.21 Å². The fourth-order valence-electron chi connectivity index (χ4n) is 1.20. The lowest BCUT2D eigenvalue weighted by molar-refractivity contribution is -0.137. The van der Waals surface area contributed by atoms with Gasteiger partial charge in [-0.25, -0.2) is 0 Å². The van der Waals surface area contributed by atoms with E-state index in [1.54, 1.807) is 24.3 Å². The number of benzene rings is 2. The Morgan fingerprint density at radius 3 is 1.74 bits per heavy atom. The standard InChI is InChI=1S/C8H6F3N.C6H6O/c9-8(10,11)7-3-1-6(5-12)2-4-7;7-6-4-2-1-3-5-6/h1-5,12H;1-5,7H. The largest absolute Gasteiger partial charge is 0.508 e. The Bertz CT molecular complexity index is 506. The van der Waals surface area contributed by atoms with E-state index in [2.05, 4.69) is 0 Å². The molecule has 0 saturated carbocycles. The number of aromatic hydroxyl groups is 1. The average molecular weight is 267 g/mol. The molecule has 0 amide bonds. The van der Waals surface area contributed by atoms with Gasteiger partial charge in [-0.15, -0.1) is 0 Å². The molecule has 2 nitrogen and oxygen atoms in total. The minimum absolute atomic E-state index is 0.322. The minimum Gasteiger partial charge on any atom is -0.508 e. The monoisotopic (exact) mass is 267 g/mol. The molecule has 0 radical (unpaired) electrons. The molecule has 0 spiro atoms. The summed E-state index contributed by atoms with van der Waals surface area (Å²) in [6.07, 6.45) is -3.29. The first-order valence-corrected chi connectivity index (χ1v) is 5.35. The van der Waals surface area contributed by atoms with Crippen molar-refractivity contribution in [1.29, 1.82) is 5.41 Å². The first kappa shape index (κ1) is 14.8. The van der Waals surface area contributed by atoms with E-state index >= 15 is 0 Å². The first-order valence-electron chi connectivity index (χ1n) is 5.35. The summed E-state index contributed by atoms with van der Waals surface area (Å²) >= 11 is 0. The second-order valence-corrected chi connectivity index (χ2v) is 3.60. The summed E-state index contributed by atoms with van der Waals surface area (Å²) in [5.74, 6) is 0.322. The smallest absolute Gasteiger partial charge is 0.416 e. The minimum atomic E-state index is -4.29. The van der Waals surface area contributed by atoms with Gasteiger partial charge in [-0.1, -0.05) is 30.3 Å². The molecule has 2 aromatic rings. The number of nitrogens with one attached hydrogen (secondary N) is 1. The second-order valence-electron chi connectivity index (χ2n) is 3.60. The summed E-state index contributed by atoms with van der Waals surface area (Å²) in [5, 5.41) is 15.4. The van der Waals surface area contributed by atoms with Crippen LogP contribution in [0.4, 0.5) is 13.2 Å². The Labute approximate surface area is 108 Å². The molecule has 0 bridgehead atoms. The number of hydrogen-bond donors (Lipinski definition) is 2. The third-order valence-electron chi connectivity index (χ3n) is 2.16. The van der Waals surface area contributed by atoms with Crippen LogP contribution in [0, 0.1) is 5.41 Å². The Morgan fingerprint density at radius 2 is 1.42 bits per heavy atom. The number of phenols is 1. The van der Waals surface area contributed by atoms with Gasteiger partial charge in [0.2, 0.25) is 0 Å². The third-order valence-corrected chi connectivity index (χ3v) is 2.16. The van der Waals surface area contributed by atoms with E-state index < -0.39 is 11.7 Å². The van der Waals surface area contributed by atoms with Gasteiger partial charge in [-0.2, -0.15) is 13.2 Å². The zero-order valence-corrected chi connectivity index (χ0v) is 9.85. The van der Waals surface area contributed by atoms with Gasteiger partial charge in [0.25, 0.3) is 0 Å². The van der Waals surface area contributed by atoms with Gasteiger partial charge >= 0.3 is 6.18 Å². The van der Waals surface area contributed by atoms with Crippen LogP contribution in [-0.2, 0) is 6.18 Å². The number of para-hydroxylation sites is 1. The van der Waals surface area contributed by atoms with Crippen LogP contribution in [-0.4, -0.2) is 11.3 Å². The van der Waals surface area contributed by atoms with Crippen molar-refractivity contribution >= 4 is 6.21 Å². The topological polar surface area (TPSA) is 44.1 Å². The molecule has 0 fully saturated rings. The normalized spacial score (nSPS) is 10.3. The zero-order chi connectivity index (χ0) is 14.3. The van der Waals surface area contributed by atoms with Crippen LogP contribution in [0.15, 0.2) is 54.6 Å². The molecule has 0 unspecified atom stereocenters. The number of hydrogen-bond acceptors (Lipinski definition) is 2. The molecule has 19 heavy (non-hydrogen) atoms. The van der Waals surface area contributed by atoms with Gasteiger partial charge in [0.05, 0.1) is 5.56 Å². The van der Waals surface area contributed by atoms with Crippen LogP contribution in [0.3, 0.4) is 0 Å². The highest BCUT2D eigenvalue weighted by Crippen LogP contribution is 2.28. The van der Waals surface area contributed by atoms with Crippen molar-refractivity contribution in [3.8, 4) is 5.75 Å². The molecule has 0 aliphatic rings. The van der Waals surface area contributed by atoms with Crippen molar-refractivity contribution < 1.29 is 18.3 Å². The molecule has 0 aliphatic carbocycles.